The monoisotopic (exact) mass is 323 g/mol. The zero-order valence-corrected chi connectivity index (χ0v) is 11.2. The summed E-state index contributed by atoms with van der Waals surface area (Å²) in [4.78, 5) is 11.3. The van der Waals surface area contributed by atoms with Crippen molar-refractivity contribution in [2.75, 3.05) is 0 Å². The zero-order chi connectivity index (χ0) is 12.6. The van der Waals surface area contributed by atoms with Gasteiger partial charge in [-0.1, -0.05) is 0 Å². The van der Waals surface area contributed by atoms with Crippen LogP contribution >= 0.6 is 27.3 Å². The Balaban J connectivity index is 2.12. The molecule has 1 aliphatic rings. The number of thiophene rings is 1. The van der Waals surface area contributed by atoms with E-state index in [1.165, 1.54) is 11.3 Å². The van der Waals surface area contributed by atoms with E-state index in [9.17, 15) is 18.7 Å². The maximum Gasteiger partial charge on any atom is 0.251 e. The first kappa shape index (κ1) is 13.0. The highest BCUT2D eigenvalue weighted by Gasteiger charge is 2.49. The van der Waals surface area contributed by atoms with Gasteiger partial charge in [-0.3, -0.25) is 0 Å². The minimum Gasteiger partial charge on any atom is -0.550 e. The Bertz CT molecular complexity index is 433. The van der Waals surface area contributed by atoms with Gasteiger partial charge < -0.3 is 9.90 Å². The molecule has 1 aliphatic carbocycles. The quantitative estimate of drug-likeness (QED) is 0.858. The Morgan fingerprint density at radius 1 is 1.59 bits per heavy atom. The van der Waals surface area contributed by atoms with Gasteiger partial charge >= 0.3 is 0 Å². The predicted molar refractivity (Wildman–Crippen MR) is 62.1 cm³/mol. The van der Waals surface area contributed by atoms with Crippen LogP contribution in [0.15, 0.2) is 15.9 Å². The van der Waals surface area contributed by atoms with E-state index in [1.807, 2.05) is 12.1 Å². The lowest BCUT2D eigenvalue weighted by Crippen LogP contribution is -2.31. The molecule has 0 amide bonds. The van der Waals surface area contributed by atoms with Gasteiger partial charge in [0.25, 0.3) is 5.92 Å². The average Bonchev–Trinajstić information content (AvgIpc) is 2.71. The van der Waals surface area contributed by atoms with Crippen LogP contribution in [0.4, 0.5) is 8.78 Å². The maximum absolute atomic E-state index is 13.6. The molecule has 0 bridgehead atoms. The molecule has 2 atom stereocenters. The van der Waals surface area contributed by atoms with Gasteiger partial charge in [-0.05, 0) is 46.8 Å². The van der Waals surface area contributed by atoms with Crippen molar-refractivity contribution in [3.05, 3.63) is 20.8 Å². The number of carbonyl (C=O) groups excluding carboxylic acids is 1. The van der Waals surface area contributed by atoms with Crippen LogP contribution in [0.5, 0.6) is 0 Å². The molecule has 17 heavy (non-hydrogen) atoms. The molecule has 6 heteroatoms. The Labute approximate surface area is 110 Å². The third-order valence-corrected chi connectivity index (χ3v) is 4.88. The fraction of sp³-hybridized carbons (Fsp3) is 0.545. The van der Waals surface area contributed by atoms with Crippen LogP contribution in [0.3, 0.4) is 0 Å². The number of aliphatic carboxylic acids is 1. The lowest BCUT2D eigenvalue weighted by Gasteiger charge is -2.18. The summed E-state index contributed by atoms with van der Waals surface area (Å²) in [5, 5.41) is 10.4. The van der Waals surface area contributed by atoms with Crippen LogP contribution in [0.25, 0.3) is 0 Å². The second-order valence-corrected chi connectivity index (χ2v) is 6.81. The molecule has 0 saturated heterocycles. The molecule has 94 valence electrons. The van der Waals surface area contributed by atoms with Gasteiger partial charge in [0.05, 0.1) is 3.79 Å². The molecule has 0 aliphatic heterocycles. The lowest BCUT2D eigenvalue weighted by molar-refractivity contribution is -0.308. The smallest absolute Gasteiger partial charge is 0.251 e. The second-order valence-electron chi connectivity index (χ2n) is 4.31. The van der Waals surface area contributed by atoms with Gasteiger partial charge in [-0.2, -0.15) is 0 Å². The molecule has 2 unspecified atom stereocenters. The van der Waals surface area contributed by atoms with Crippen molar-refractivity contribution in [2.24, 2.45) is 5.92 Å². The van der Waals surface area contributed by atoms with E-state index in [1.54, 1.807) is 0 Å². The highest BCUT2D eigenvalue weighted by molar-refractivity contribution is 9.11. The second kappa shape index (κ2) is 4.65. The van der Waals surface area contributed by atoms with Crippen molar-refractivity contribution in [3.63, 3.8) is 0 Å². The van der Waals surface area contributed by atoms with Gasteiger partial charge in [-0.15, -0.1) is 11.3 Å². The number of alkyl halides is 2. The number of hydrogen-bond acceptors (Lipinski definition) is 3. The largest absolute Gasteiger partial charge is 0.550 e. The normalized spacial score (nSPS) is 27.2. The Morgan fingerprint density at radius 2 is 2.29 bits per heavy atom. The molecule has 0 aromatic carbocycles. The third kappa shape index (κ3) is 2.85. The first-order valence-electron chi connectivity index (χ1n) is 5.21. The van der Waals surface area contributed by atoms with Crippen LogP contribution in [-0.4, -0.2) is 11.9 Å². The third-order valence-electron chi connectivity index (χ3n) is 3.09. The van der Waals surface area contributed by atoms with Crippen molar-refractivity contribution in [2.45, 2.75) is 31.1 Å². The molecular weight excluding hydrogens is 314 g/mol. The lowest BCUT2D eigenvalue weighted by atomic mass is 9.99. The number of hydrogen-bond donors (Lipinski definition) is 0. The van der Waals surface area contributed by atoms with Crippen molar-refractivity contribution in [1.82, 2.24) is 0 Å². The standard InChI is InChI=1S/C11H11BrF2O2S/c12-9-2-1-8(17-9)6-3-7(4-10(15)16)11(13,14)5-6/h1-2,6-7H,3-5H2,(H,15,16)/p-1. The molecular formula is C11H10BrF2O2S-. The molecule has 1 fully saturated rings. The van der Waals surface area contributed by atoms with Gasteiger partial charge in [0.15, 0.2) is 0 Å². The highest BCUT2D eigenvalue weighted by atomic mass is 79.9. The average molecular weight is 324 g/mol. The molecule has 0 spiro atoms. The molecule has 0 radical (unpaired) electrons. The number of carboxylic acid groups (broad SMARTS) is 1. The van der Waals surface area contributed by atoms with Crippen LogP contribution in [-0.2, 0) is 4.79 Å². The van der Waals surface area contributed by atoms with Crippen molar-refractivity contribution in [1.29, 1.82) is 0 Å². The number of carboxylic acids is 1. The molecule has 0 N–H and O–H groups in total. The van der Waals surface area contributed by atoms with Gasteiger partial charge in [0.1, 0.15) is 0 Å². The summed E-state index contributed by atoms with van der Waals surface area (Å²) in [6.45, 7) is 0. The first-order chi connectivity index (χ1) is 7.88. The summed E-state index contributed by atoms with van der Waals surface area (Å²) >= 11 is 4.72. The highest BCUT2D eigenvalue weighted by Crippen LogP contribution is 2.51. The molecule has 1 aromatic rings. The SMILES string of the molecule is O=C([O-])CC1CC(c2ccc(Br)s2)CC1(F)F. The summed E-state index contributed by atoms with van der Waals surface area (Å²) in [7, 11) is 0. The molecule has 1 saturated carbocycles. The Morgan fingerprint density at radius 3 is 2.82 bits per heavy atom. The minimum absolute atomic E-state index is 0.216. The molecule has 2 rings (SSSR count). The fourth-order valence-electron chi connectivity index (χ4n) is 2.29. The van der Waals surface area contributed by atoms with Crippen molar-refractivity contribution in [3.8, 4) is 0 Å². The van der Waals surface area contributed by atoms with E-state index in [2.05, 4.69) is 15.9 Å². The van der Waals surface area contributed by atoms with Crippen molar-refractivity contribution < 1.29 is 18.7 Å². The summed E-state index contributed by atoms with van der Waals surface area (Å²) in [6.07, 6.45) is -0.609. The Hall–Kier alpha value is -0.490. The minimum atomic E-state index is -2.90. The summed E-state index contributed by atoms with van der Waals surface area (Å²) in [5.74, 6) is -5.65. The van der Waals surface area contributed by atoms with Gasteiger partial charge in [-0.25, -0.2) is 8.78 Å². The molecule has 2 nitrogen and oxygen atoms in total. The van der Waals surface area contributed by atoms with E-state index in [0.29, 0.717) is 0 Å². The van der Waals surface area contributed by atoms with E-state index in [0.717, 1.165) is 8.66 Å². The maximum atomic E-state index is 13.6. The topological polar surface area (TPSA) is 40.1 Å². The van der Waals surface area contributed by atoms with Gasteiger partial charge in [0.2, 0.25) is 0 Å². The fourth-order valence-corrected chi connectivity index (χ4v) is 3.83. The van der Waals surface area contributed by atoms with Crippen molar-refractivity contribution >= 4 is 33.2 Å². The number of halogens is 3. The summed E-state index contributed by atoms with van der Waals surface area (Å²) < 4.78 is 28.1. The Kier molecular flexibility index (Phi) is 3.54. The van der Waals surface area contributed by atoms with Crippen LogP contribution < -0.4 is 5.11 Å². The summed E-state index contributed by atoms with van der Waals surface area (Å²) in [5.41, 5.74) is 0. The van der Waals surface area contributed by atoms with Gasteiger partial charge in [0, 0.05) is 23.2 Å². The predicted octanol–water partition coefficient (Wildman–Crippen LogP) is 2.78. The van der Waals surface area contributed by atoms with E-state index < -0.39 is 24.2 Å². The molecule has 1 aromatic heterocycles. The van der Waals surface area contributed by atoms with Crippen LogP contribution in [0, 0.1) is 5.92 Å². The van der Waals surface area contributed by atoms with E-state index >= 15 is 0 Å². The van der Waals surface area contributed by atoms with E-state index in [4.69, 9.17) is 0 Å². The number of carbonyl (C=O) groups is 1. The first-order valence-corrected chi connectivity index (χ1v) is 6.82. The summed E-state index contributed by atoms with van der Waals surface area (Å²) in [6, 6.07) is 3.64. The van der Waals surface area contributed by atoms with Crippen LogP contribution in [0.2, 0.25) is 0 Å². The zero-order valence-electron chi connectivity index (χ0n) is 8.79. The molecule has 1 heterocycles. The number of rotatable bonds is 3. The van der Waals surface area contributed by atoms with Crippen LogP contribution in [0.1, 0.15) is 30.1 Å². The van der Waals surface area contributed by atoms with E-state index in [-0.39, 0.29) is 18.8 Å².